The van der Waals surface area contributed by atoms with E-state index in [9.17, 15) is 0 Å². The Hall–Kier alpha value is 0. The van der Waals surface area contributed by atoms with Crippen LogP contribution >= 0.6 is 0 Å². The second-order valence-electron chi connectivity index (χ2n) is 7.08. The fourth-order valence-corrected chi connectivity index (χ4v) is 3.61. The molecule has 2 aliphatic rings. The predicted molar refractivity (Wildman–Crippen MR) is 62.1 cm³/mol. The predicted octanol–water partition coefficient (Wildman–Crippen LogP) is 4.35. The molecule has 0 aromatic carbocycles. The molecule has 0 aromatic heterocycles. The first kappa shape index (κ1) is 10.5. The Morgan fingerprint density at radius 3 is 1.07 bits per heavy atom. The largest absolute Gasteiger partial charge is 0.0622 e. The van der Waals surface area contributed by atoms with Gasteiger partial charge < -0.3 is 0 Å². The zero-order valence-electron chi connectivity index (χ0n) is 10.7. The van der Waals surface area contributed by atoms with Gasteiger partial charge in [0.1, 0.15) is 0 Å². The van der Waals surface area contributed by atoms with E-state index in [1.54, 1.807) is 0 Å². The molecule has 14 heavy (non-hydrogen) atoms. The van der Waals surface area contributed by atoms with Crippen molar-refractivity contribution in [2.45, 2.75) is 54.4 Å². The van der Waals surface area contributed by atoms with Crippen LogP contribution in [0.4, 0.5) is 0 Å². The molecule has 2 saturated carbocycles. The summed E-state index contributed by atoms with van der Waals surface area (Å²) < 4.78 is 0. The summed E-state index contributed by atoms with van der Waals surface area (Å²) in [6.45, 7) is 14.9. The zero-order valence-corrected chi connectivity index (χ0v) is 10.7. The van der Waals surface area contributed by atoms with Crippen LogP contribution in [-0.2, 0) is 0 Å². The van der Waals surface area contributed by atoms with E-state index in [0.29, 0.717) is 10.8 Å². The fourth-order valence-electron chi connectivity index (χ4n) is 3.61. The lowest BCUT2D eigenvalue weighted by molar-refractivity contribution is 0.0495. The van der Waals surface area contributed by atoms with Crippen molar-refractivity contribution in [3.05, 3.63) is 0 Å². The topological polar surface area (TPSA) is 0 Å². The molecule has 0 bridgehead atoms. The normalized spacial score (nSPS) is 42.4. The smallest absolute Gasteiger partial charge is 0.0269 e. The molecule has 2 rings (SSSR count). The molecule has 0 heteroatoms. The highest BCUT2D eigenvalue weighted by Crippen LogP contribution is 2.65. The van der Waals surface area contributed by atoms with E-state index in [1.807, 2.05) is 0 Å². The van der Waals surface area contributed by atoms with Crippen molar-refractivity contribution in [1.82, 2.24) is 0 Å². The molecular weight excluding hydrogens is 168 g/mol. The second kappa shape index (κ2) is 2.77. The van der Waals surface area contributed by atoms with Crippen LogP contribution < -0.4 is 0 Å². The molecule has 0 N–H and O–H groups in total. The molecule has 0 heterocycles. The quantitative estimate of drug-likeness (QED) is 0.626. The molecule has 0 amide bonds. The highest BCUT2D eigenvalue weighted by Gasteiger charge is 2.58. The van der Waals surface area contributed by atoms with Crippen molar-refractivity contribution in [2.24, 2.45) is 34.5 Å². The van der Waals surface area contributed by atoms with E-state index in [-0.39, 0.29) is 0 Å². The van der Waals surface area contributed by atoms with Crippen LogP contribution in [0.25, 0.3) is 0 Å². The highest BCUT2D eigenvalue weighted by molar-refractivity contribution is 5.07. The van der Waals surface area contributed by atoms with Crippen LogP contribution in [-0.4, -0.2) is 0 Å². The molecule has 2 fully saturated rings. The van der Waals surface area contributed by atoms with Crippen LogP contribution in [0.5, 0.6) is 0 Å². The average molecular weight is 194 g/mol. The Balaban J connectivity index is 2.12. The zero-order chi connectivity index (χ0) is 10.7. The molecule has 4 unspecified atom stereocenters. The van der Waals surface area contributed by atoms with Gasteiger partial charge in [-0.15, -0.1) is 0 Å². The van der Waals surface area contributed by atoms with Crippen molar-refractivity contribution in [3.63, 3.8) is 0 Å². The Morgan fingerprint density at radius 1 is 0.714 bits per heavy atom. The van der Waals surface area contributed by atoms with Crippen LogP contribution in [0, 0.1) is 34.5 Å². The summed E-state index contributed by atoms with van der Waals surface area (Å²) in [6.07, 6.45) is 2.94. The first-order valence-corrected chi connectivity index (χ1v) is 6.28. The Kier molecular flexibility index (Phi) is 2.08. The maximum absolute atomic E-state index is 2.51. The minimum Gasteiger partial charge on any atom is -0.0622 e. The van der Waals surface area contributed by atoms with Crippen molar-refractivity contribution in [2.75, 3.05) is 0 Å². The summed E-state index contributed by atoms with van der Waals surface area (Å²) in [7, 11) is 0. The summed E-state index contributed by atoms with van der Waals surface area (Å²) in [5, 5.41) is 0. The Bertz CT molecular complexity index is 210. The monoisotopic (exact) mass is 194 g/mol. The first-order chi connectivity index (χ1) is 6.28. The van der Waals surface area contributed by atoms with Crippen LogP contribution in [0.1, 0.15) is 54.4 Å². The molecule has 2 aliphatic carbocycles. The minimum absolute atomic E-state index is 0.543. The second-order valence-corrected chi connectivity index (χ2v) is 7.08. The van der Waals surface area contributed by atoms with Crippen LogP contribution in [0.15, 0.2) is 0 Å². The maximum Gasteiger partial charge on any atom is -0.0269 e. The number of hydrogen-bond acceptors (Lipinski definition) is 0. The summed E-state index contributed by atoms with van der Waals surface area (Å²) in [5.74, 6) is 3.95. The summed E-state index contributed by atoms with van der Waals surface area (Å²) in [5.41, 5.74) is 1.09. The van der Waals surface area contributed by atoms with E-state index in [0.717, 1.165) is 23.7 Å². The van der Waals surface area contributed by atoms with Crippen molar-refractivity contribution < 1.29 is 0 Å². The highest BCUT2D eigenvalue weighted by atomic mass is 14.6. The van der Waals surface area contributed by atoms with Crippen LogP contribution in [0.2, 0.25) is 0 Å². The van der Waals surface area contributed by atoms with Gasteiger partial charge in [0.25, 0.3) is 0 Å². The molecular formula is C14H26. The maximum atomic E-state index is 2.51. The van der Waals surface area contributed by atoms with E-state index >= 15 is 0 Å². The van der Waals surface area contributed by atoms with Gasteiger partial charge in [-0.2, -0.15) is 0 Å². The molecule has 0 saturated heterocycles. The third-order valence-corrected chi connectivity index (χ3v) is 5.73. The lowest BCUT2D eigenvalue weighted by Crippen LogP contribution is -2.37. The Labute approximate surface area is 89.5 Å². The van der Waals surface area contributed by atoms with Gasteiger partial charge in [0, 0.05) is 0 Å². The van der Waals surface area contributed by atoms with Crippen molar-refractivity contribution in [1.29, 1.82) is 0 Å². The van der Waals surface area contributed by atoms with Gasteiger partial charge in [-0.25, -0.2) is 0 Å². The van der Waals surface area contributed by atoms with E-state index in [4.69, 9.17) is 0 Å². The summed E-state index contributed by atoms with van der Waals surface area (Å²) in [4.78, 5) is 0. The number of hydrogen-bond donors (Lipinski definition) is 0. The third-order valence-electron chi connectivity index (χ3n) is 5.73. The fraction of sp³-hybridized carbons (Fsp3) is 1.00. The van der Waals surface area contributed by atoms with Gasteiger partial charge in [0.2, 0.25) is 0 Å². The van der Waals surface area contributed by atoms with Crippen LogP contribution in [0.3, 0.4) is 0 Å². The third kappa shape index (κ3) is 1.33. The van der Waals surface area contributed by atoms with E-state index < -0.39 is 0 Å². The molecule has 0 aliphatic heterocycles. The van der Waals surface area contributed by atoms with Gasteiger partial charge in [-0.3, -0.25) is 0 Å². The molecule has 0 spiro atoms. The van der Waals surface area contributed by atoms with Crippen molar-refractivity contribution in [3.8, 4) is 0 Å². The number of rotatable bonds is 3. The standard InChI is InChI=1S/C14H26/c1-9-7-11(9)13(3,4)14(5,6)12-8-10(12)2/h9-12H,7-8H2,1-6H3. The lowest BCUT2D eigenvalue weighted by atomic mass is 9.61. The van der Waals surface area contributed by atoms with E-state index in [1.165, 1.54) is 12.8 Å². The minimum atomic E-state index is 0.543. The Morgan fingerprint density at radius 2 is 0.929 bits per heavy atom. The first-order valence-electron chi connectivity index (χ1n) is 6.28. The summed E-state index contributed by atoms with van der Waals surface area (Å²) in [6, 6.07) is 0. The van der Waals surface area contributed by atoms with Gasteiger partial charge >= 0.3 is 0 Å². The molecule has 82 valence electrons. The van der Waals surface area contributed by atoms with Gasteiger partial charge in [0.05, 0.1) is 0 Å². The van der Waals surface area contributed by atoms with E-state index in [2.05, 4.69) is 41.5 Å². The van der Waals surface area contributed by atoms with Gasteiger partial charge in [0.15, 0.2) is 0 Å². The average Bonchev–Trinajstić information content (AvgIpc) is 2.89. The molecule has 0 radical (unpaired) electrons. The molecule has 0 aromatic rings. The lowest BCUT2D eigenvalue weighted by Gasteiger charge is -2.43. The summed E-state index contributed by atoms with van der Waals surface area (Å²) >= 11 is 0. The SMILES string of the molecule is CC1CC1C(C)(C)C(C)(C)C1CC1C. The molecule has 0 nitrogen and oxygen atoms in total. The van der Waals surface area contributed by atoms with Crippen molar-refractivity contribution >= 4 is 0 Å². The molecule has 4 atom stereocenters. The van der Waals surface area contributed by atoms with Gasteiger partial charge in [-0.05, 0) is 47.3 Å². The van der Waals surface area contributed by atoms with Gasteiger partial charge in [-0.1, -0.05) is 41.5 Å².